The second-order valence-electron chi connectivity index (χ2n) is 5.63. The normalized spacial score (nSPS) is 11.5. The van der Waals surface area contributed by atoms with Gasteiger partial charge in [-0.15, -0.1) is 0 Å². The van der Waals surface area contributed by atoms with Gasteiger partial charge in [-0.05, 0) is 48.9 Å². The zero-order valence-corrected chi connectivity index (χ0v) is 15.6. The van der Waals surface area contributed by atoms with Crippen LogP contribution in [0.2, 0.25) is 5.02 Å². The summed E-state index contributed by atoms with van der Waals surface area (Å²) in [5.41, 5.74) is 1.33. The van der Waals surface area contributed by atoms with Gasteiger partial charge < -0.3 is 9.26 Å². The van der Waals surface area contributed by atoms with Crippen LogP contribution in [0.5, 0.6) is 5.75 Å². The van der Waals surface area contributed by atoms with Crippen molar-refractivity contribution in [2.24, 2.45) is 0 Å². The lowest BCUT2D eigenvalue weighted by molar-refractivity contribution is 0.340. The summed E-state index contributed by atoms with van der Waals surface area (Å²) in [5.74, 6) is 0.652. The van der Waals surface area contributed by atoms with Crippen molar-refractivity contribution in [3.63, 3.8) is 0 Å². The highest BCUT2D eigenvalue weighted by Crippen LogP contribution is 2.21. The van der Waals surface area contributed by atoms with Crippen molar-refractivity contribution in [2.45, 2.75) is 18.4 Å². The Morgan fingerprint density at radius 2 is 1.88 bits per heavy atom. The Bertz CT molecular complexity index is 984. The molecule has 0 N–H and O–H groups in total. The van der Waals surface area contributed by atoms with Crippen LogP contribution in [0.3, 0.4) is 0 Å². The Balaban J connectivity index is 1.71. The fourth-order valence-electron chi connectivity index (χ4n) is 2.42. The van der Waals surface area contributed by atoms with E-state index in [9.17, 15) is 8.42 Å². The molecule has 0 radical (unpaired) electrons. The molecule has 0 unspecified atom stereocenters. The monoisotopic (exact) mass is 392 g/mol. The average molecular weight is 393 g/mol. The average Bonchev–Trinajstić information content (AvgIpc) is 3.03. The molecule has 3 rings (SSSR count). The molecule has 0 aliphatic heterocycles. The topological polar surface area (TPSA) is 82.3 Å². The van der Waals surface area contributed by atoms with Gasteiger partial charge in [0.1, 0.15) is 11.5 Å². The SMILES string of the molecule is CCOc1ccc(-c2noc(CS(=O)(=O)Cc3cccc(Cl)c3)n2)cc1. The smallest absolute Gasteiger partial charge is 0.242 e. The molecule has 0 aliphatic carbocycles. The lowest BCUT2D eigenvalue weighted by Gasteiger charge is -2.02. The van der Waals surface area contributed by atoms with Crippen LogP contribution in [0.25, 0.3) is 11.4 Å². The van der Waals surface area contributed by atoms with E-state index >= 15 is 0 Å². The number of aromatic nitrogens is 2. The third-order valence-electron chi connectivity index (χ3n) is 3.51. The molecule has 0 aliphatic rings. The summed E-state index contributed by atoms with van der Waals surface area (Å²) < 4.78 is 35.2. The maximum Gasteiger partial charge on any atom is 0.242 e. The molecule has 8 heteroatoms. The van der Waals surface area contributed by atoms with E-state index in [0.29, 0.717) is 23.0 Å². The molecule has 0 saturated heterocycles. The minimum Gasteiger partial charge on any atom is -0.494 e. The Morgan fingerprint density at radius 3 is 2.58 bits per heavy atom. The van der Waals surface area contributed by atoms with Crippen molar-refractivity contribution >= 4 is 21.4 Å². The third-order valence-corrected chi connectivity index (χ3v) is 5.21. The molecule has 1 heterocycles. The molecule has 1 aromatic heterocycles. The molecule has 0 fully saturated rings. The largest absolute Gasteiger partial charge is 0.494 e. The van der Waals surface area contributed by atoms with Gasteiger partial charge in [-0.25, -0.2) is 8.42 Å². The molecule has 0 saturated carbocycles. The molecule has 136 valence electrons. The van der Waals surface area contributed by atoms with Gasteiger partial charge >= 0.3 is 0 Å². The molecule has 0 atom stereocenters. The first kappa shape index (κ1) is 18.4. The number of hydrogen-bond acceptors (Lipinski definition) is 6. The van der Waals surface area contributed by atoms with Crippen molar-refractivity contribution in [1.82, 2.24) is 10.1 Å². The number of hydrogen-bond donors (Lipinski definition) is 0. The van der Waals surface area contributed by atoms with E-state index < -0.39 is 9.84 Å². The number of sulfone groups is 1. The van der Waals surface area contributed by atoms with Crippen molar-refractivity contribution in [2.75, 3.05) is 6.61 Å². The molecule has 3 aromatic rings. The fraction of sp³-hybridized carbons (Fsp3) is 0.222. The van der Waals surface area contributed by atoms with Gasteiger partial charge in [0.05, 0.1) is 12.4 Å². The van der Waals surface area contributed by atoms with E-state index in [-0.39, 0.29) is 17.4 Å². The second kappa shape index (κ2) is 7.88. The van der Waals surface area contributed by atoms with Gasteiger partial charge in [-0.1, -0.05) is 28.9 Å². The lowest BCUT2D eigenvalue weighted by atomic mass is 10.2. The lowest BCUT2D eigenvalue weighted by Crippen LogP contribution is -2.08. The van der Waals surface area contributed by atoms with Crippen molar-refractivity contribution < 1.29 is 17.7 Å². The standard InChI is InChI=1S/C18H17ClN2O4S/c1-2-24-16-8-6-14(7-9-16)18-20-17(25-21-18)12-26(22,23)11-13-4-3-5-15(19)10-13/h3-10H,2,11-12H2,1H3. The van der Waals surface area contributed by atoms with E-state index in [1.165, 1.54) is 0 Å². The summed E-state index contributed by atoms with van der Waals surface area (Å²) in [7, 11) is -3.46. The Morgan fingerprint density at radius 1 is 1.12 bits per heavy atom. The summed E-state index contributed by atoms with van der Waals surface area (Å²) >= 11 is 5.89. The van der Waals surface area contributed by atoms with Crippen molar-refractivity contribution in [3.05, 3.63) is 65.0 Å². The van der Waals surface area contributed by atoms with Crippen molar-refractivity contribution in [1.29, 1.82) is 0 Å². The minimum absolute atomic E-state index is 0.0518. The van der Waals surface area contributed by atoms with Crippen LogP contribution in [0, 0.1) is 0 Å². The zero-order valence-electron chi connectivity index (χ0n) is 14.1. The van der Waals surface area contributed by atoms with Gasteiger partial charge in [0.15, 0.2) is 9.84 Å². The fourth-order valence-corrected chi connectivity index (χ4v) is 3.91. The van der Waals surface area contributed by atoms with E-state index in [1.54, 1.807) is 48.5 Å². The van der Waals surface area contributed by atoms with Gasteiger partial charge in [0, 0.05) is 10.6 Å². The van der Waals surface area contributed by atoms with Crippen LogP contribution in [0.15, 0.2) is 53.1 Å². The van der Waals surface area contributed by atoms with E-state index in [0.717, 1.165) is 11.3 Å². The molecule has 0 bridgehead atoms. The maximum absolute atomic E-state index is 12.4. The van der Waals surface area contributed by atoms with Crippen LogP contribution < -0.4 is 4.74 Å². The molecule has 2 aromatic carbocycles. The zero-order chi connectivity index (χ0) is 18.6. The van der Waals surface area contributed by atoms with Crippen LogP contribution in [0.4, 0.5) is 0 Å². The van der Waals surface area contributed by atoms with E-state index in [1.807, 2.05) is 6.92 Å². The second-order valence-corrected chi connectivity index (χ2v) is 8.13. The minimum atomic E-state index is -3.46. The molecule has 0 spiro atoms. The first-order valence-corrected chi connectivity index (χ1v) is 10.2. The van der Waals surface area contributed by atoms with Crippen LogP contribution in [-0.2, 0) is 21.3 Å². The van der Waals surface area contributed by atoms with Gasteiger partial charge in [0.2, 0.25) is 11.7 Å². The van der Waals surface area contributed by atoms with Gasteiger partial charge in [-0.2, -0.15) is 4.98 Å². The summed E-state index contributed by atoms with van der Waals surface area (Å²) in [4.78, 5) is 4.18. The summed E-state index contributed by atoms with van der Waals surface area (Å²) in [6.07, 6.45) is 0. The highest BCUT2D eigenvalue weighted by atomic mass is 35.5. The predicted molar refractivity (Wildman–Crippen MR) is 98.7 cm³/mol. The Hall–Kier alpha value is -2.38. The highest BCUT2D eigenvalue weighted by Gasteiger charge is 2.19. The summed E-state index contributed by atoms with van der Waals surface area (Å²) in [6.45, 7) is 2.49. The van der Waals surface area contributed by atoms with Gasteiger partial charge in [0.25, 0.3) is 0 Å². The Kier molecular flexibility index (Phi) is 5.58. The first-order chi connectivity index (χ1) is 12.4. The summed E-state index contributed by atoms with van der Waals surface area (Å²) in [6, 6.07) is 13.9. The molecular formula is C18H17ClN2O4S. The third kappa shape index (κ3) is 4.83. The number of halogens is 1. The quantitative estimate of drug-likeness (QED) is 0.606. The Labute approximate surface area is 156 Å². The number of rotatable bonds is 7. The van der Waals surface area contributed by atoms with E-state index in [4.69, 9.17) is 20.9 Å². The van der Waals surface area contributed by atoms with Gasteiger partial charge in [-0.3, -0.25) is 0 Å². The van der Waals surface area contributed by atoms with Crippen LogP contribution in [0.1, 0.15) is 18.4 Å². The molecular weight excluding hydrogens is 376 g/mol. The van der Waals surface area contributed by atoms with Crippen molar-refractivity contribution in [3.8, 4) is 17.1 Å². The van der Waals surface area contributed by atoms with Crippen LogP contribution >= 0.6 is 11.6 Å². The number of nitrogens with zero attached hydrogens (tertiary/aromatic N) is 2. The first-order valence-electron chi connectivity index (χ1n) is 7.96. The number of ether oxygens (including phenoxy) is 1. The molecule has 6 nitrogen and oxygen atoms in total. The summed E-state index contributed by atoms with van der Waals surface area (Å²) in [5, 5.41) is 4.35. The predicted octanol–water partition coefficient (Wildman–Crippen LogP) is 3.90. The van der Waals surface area contributed by atoms with E-state index in [2.05, 4.69) is 10.1 Å². The highest BCUT2D eigenvalue weighted by molar-refractivity contribution is 7.89. The number of benzene rings is 2. The molecule has 26 heavy (non-hydrogen) atoms. The maximum atomic E-state index is 12.4. The van der Waals surface area contributed by atoms with Crippen LogP contribution in [-0.4, -0.2) is 25.2 Å². The molecule has 0 amide bonds.